The van der Waals surface area contributed by atoms with E-state index < -0.39 is 0 Å². The van der Waals surface area contributed by atoms with Crippen molar-refractivity contribution in [3.05, 3.63) is 64.1 Å². The minimum absolute atomic E-state index is 0.0482. The fraction of sp³-hybridized carbons (Fsp3) is 0.188. The fourth-order valence-corrected chi connectivity index (χ4v) is 2.90. The molecule has 1 aromatic carbocycles. The molecule has 6 heteroatoms. The number of aromatic nitrogens is 3. The van der Waals surface area contributed by atoms with Crippen molar-refractivity contribution in [3.63, 3.8) is 0 Å². The Morgan fingerprint density at radius 2 is 2.09 bits per heavy atom. The van der Waals surface area contributed by atoms with E-state index in [4.69, 9.17) is 0 Å². The summed E-state index contributed by atoms with van der Waals surface area (Å²) >= 11 is 1.65. The number of hydrogen-bond acceptors (Lipinski definition) is 4. The molecule has 0 bridgehead atoms. The van der Waals surface area contributed by atoms with Gasteiger partial charge in [0.05, 0.1) is 30.5 Å². The van der Waals surface area contributed by atoms with Crippen LogP contribution < -0.4 is 5.32 Å². The lowest BCUT2D eigenvalue weighted by Gasteiger charge is -2.03. The first-order chi connectivity index (χ1) is 10.7. The molecule has 0 fully saturated rings. The maximum atomic E-state index is 12.0. The van der Waals surface area contributed by atoms with E-state index in [2.05, 4.69) is 21.6 Å². The Labute approximate surface area is 132 Å². The summed E-state index contributed by atoms with van der Waals surface area (Å²) in [5, 5.41) is 13.5. The van der Waals surface area contributed by atoms with Crippen LogP contribution in [-0.2, 0) is 17.8 Å². The monoisotopic (exact) mass is 312 g/mol. The Bertz CT molecular complexity index is 763. The number of aryl methyl sites for hydroxylation is 1. The lowest BCUT2D eigenvalue weighted by atomic mass is 10.3. The Balaban J connectivity index is 1.58. The number of rotatable bonds is 5. The highest BCUT2D eigenvalue weighted by atomic mass is 32.1. The molecule has 0 radical (unpaired) electrons. The Morgan fingerprint density at radius 3 is 2.82 bits per heavy atom. The zero-order valence-corrected chi connectivity index (χ0v) is 13.0. The van der Waals surface area contributed by atoms with Gasteiger partial charge in [-0.25, -0.2) is 0 Å². The molecule has 0 atom stereocenters. The molecule has 2 aromatic heterocycles. The average molecular weight is 312 g/mol. The van der Waals surface area contributed by atoms with Gasteiger partial charge in [0, 0.05) is 4.88 Å². The van der Waals surface area contributed by atoms with Crippen molar-refractivity contribution in [2.75, 3.05) is 0 Å². The van der Waals surface area contributed by atoms with Gasteiger partial charge in [-0.2, -0.15) is 15.0 Å². The molecular weight excluding hydrogens is 296 g/mol. The van der Waals surface area contributed by atoms with Crippen molar-refractivity contribution in [2.45, 2.75) is 19.9 Å². The number of carbonyl (C=O) groups excluding carboxylic acids is 1. The number of nitrogens with one attached hydrogen (secondary N) is 1. The summed E-state index contributed by atoms with van der Waals surface area (Å²) in [7, 11) is 0. The van der Waals surface area contributed by atoms with E-state index in [0.717, 1.165) is 5.69 Å². The van der Waals surface area contributed by atoms with Crippen molar-refractivity contribution in [3.8, 4) is 5.69 Å². The van der Waals surface area contributed by atoms with Gasteiger partial charge in [0.1, 0.15) is 0 Å². The third kappa shape index (κ3) is 3.40. The van der Waals surface area contributed by atoms with Gasteiger partial charge in [-0.15, -0.1) is 11.3 Å². The maximum absolute atomic E-state index is 12.0. The van der Waals surface area contributed by atoms with Crippen LogP contribution in [0.4, 0.5) is 0 Å². The van der Waals surface area contributed by atoms with Gasteiger partial charge in [0.15, 0.2) is 0 Å². The van der Waals surface area contributed by atoms with Gasteiger partial charge < -0.3 is 5.32 Å². The summed E-state index contributed by atoms with van der Waals surface area (Å²) in [6.45, 7) is 2.61. The minimum Gasteiger partial charge on any atom is -0.351 e. The topological polar surface area (TPSA) is 59.8 Å². The number of carbonyl (C=O) groups is 1. The quantitative estimate of drug-likeness (QED) is 0.787. The molecule has 0 spiro atoms. The van der Waals surface area contributed by atoms with Gasteiger partial charge in [0.25, 0.3) is 0 Å². The molecule has 0 aliphatic rings. The normalized spacial score (nSPS) is 10.6. The van der Waals surface area contributed by atoms with E-state index in [0.29, 0.717) is 12.2 Å². The molecule has 0 aliphatic carbocycles. The largest absolute Gasteiger partial charge is 0.351 e. The second kappa shape index (κ2) is 6.53. The molecule has 0 unspecified atom stereocenters. The highest BCUT2D eigenvalue weighted by Gasteiger charge is 2.09. The van der Waals surface area contributed by atoms with Crippen LogP contribution in [0.15, 0.2) is 48.0 Å². The summed E-state index contributed by atoms with van der Waals surface area (Å²) in [5.41, 5.74) is 2.74. The molecule has 2 heterocycles. The second-order valence-corrected chi connectivity index (χ2v) is 5.94. The highest BCUT2D eigenvalue weighted by molar-refractivity contribution is 7.10. The van der Waals surface area contributed by atoms with Gasteiger partial charge in [0.2, 0.25) is 5.91 Å². The minimum atomic E-state index is -0.0482. The third-order valence-electron chi connectivity index (χ3n) is 3.28. The third-order valence-corrected chi connectivity index (χ3v) is 4.31. The summed E-state index contributed by atoms with van der Waals surface area (Å²) in [6.07, 6.45) is 1.86. The van der Waals surface area contributed by atoms with Crippen LogP contribution >= 0.6 is 11.3 Å². The number of nitrogens with zero attached hydrogens (tertiary/aromatic N) is 3. The molecule has 5 nitrogen and oxygen atoms in total. The lowest BCUT2D eigenvalue weighted by molar-refractivity contribution is -0.120. The van der Waals surface area contributed by atoms with E-state index in [-0.39, 0.29) is 12.3 Å². The molecule has 3 rings (SSSR count). The van der Waals surface area contributed by atoms with E-state index in [1.165, 1.54) is 15.2 Å². The van der Waals surface area contributed by atoms with Crippen molar-refractivity contribution < 1.29 is 4.79 Å². The molecule has 1 N–H and O–H groups in total. The second-order valence-electron chi connectivity index (χ2n) is 4.94. The summed E-state index contributed by atoms with van der Waals surface area (Å²) in [5.74, 6) is -0.0482. The van der Waals surface area contributed by atoms with E-state index >= 15 is 0 Å². The summed E-state index contributed by atoms with van der Waals surface area (Å²) in [6, 6.07) is 11.7. The van der Waals surface area contributed by atoms with Crippen LogP contribution in [0.5, 0.6) is 0 Å². The van der Waals surface area contributed by atoms with E-state index in [1.807, 2.05) is 42.6 Å². The summed E-state index contributed by atoms with van der Waals surface area (Å²) in [4.78, 5) is 14.7. The van der Waals surface area contributed by atoms with Gasteiger partial charge in [-0.05, 0) is 36.1 Å². The van der Waals surface area contributed by atoms with Crippen LogP contribution in [-0.4, -0.2) is 20.9 Å². The number of thiophene rings is 1. The lowest BCUT2D eigenvalue weighted by Crippen LogP contribution is -2.24. The number of para-hydroxylation sites is 1. The molecule has 22 heavy (non-hydrogen) atoms. The molecule has 1 amide bonds. The van der Waals surface area contributed by atoms with Crippen molar-refractivity contribution in [1.82, 2.24) is 20.3 Å². The zero-order valence-electron chi connectivity index (χ0n) is 12.2. The first kappa shape index (κ1) is 14.5. The standard InChI is InChI=1S/C16H16N4OS/c1-12-7-8-22-15(12)11-17-16(21)9-13-10-18-20(19-13)14-5-3-2-4-6-14/h2-8,10H,9,11H2,1H3,(H,17,21). The SMILES string of the molecule is Cc1ccsc1CNC(=O)Cc1cnn(-c2ccccc2)n1. The Hall–Kier alpha value is -2.47. The maximum Gasteiger partial charge on any atom is 0.226 e. The van der Waals surface area contributed by atoms with Crippen LogP contribution in [0, 0.1) is 6.92 Å². The van der Waals surface area contributed by atoms with Crippen LogP contribution in [0.1, 0.15) is 16.1 Å². The Kier molecular flexibility index (Phi) is 4.29. The number of amides is 1. The Morgan fingerprint density at radius 1 is 1.27 bits per heavy atom. The van der Waals surface area contributed by atoms with Crippen LogP contribution in [0.3, 0.4) is 0 Å². The highest BCUT2D eigenvalue weighted by Crippen LogP contribution is 2.14. The molecule has 3 aromatic rings. The first-order valence-corrected chi connectivity index (χ1v) is 7.86. The predicted molar refractivity (Wildman–Crippen MR) is 86.0 cm³/mol. The van der Waals surface area contributed by atoms with Crippen LogP contribution in [0.25, 0.3) is 5.69 Å². The van der Waals surface area contributed by atoms with Crippen molar-refractivity contribution in [1.29, 1.82) is 0 Å². The molecular formula is C16H16N4OS. The van der Waals surface area contributed by atoms with Crippen molar-refractivity contribution in [2.24, 2.45) is 0 Å². The summed E-state index contributed by atoms with van der Waals surface area (Å²) < 4.78 is 0. The van der Waals surface area contributed by atoms with Gasteiger partial charge >= 0.3 is 0 Å². The number of benzene rings is 1. The predicted octanol–water partition coefficient (Wildman–Crippen LogP) is 2.50. The molecule has 0 saturated heterocycles. The first-order valence-electron chi connectivity index (χ1n) is 6.98. The smallest absolute Gasteiger partial charge is 0.226 e. The van der Waals surface area contributed by atoms with Gasteiger partial charge in [-0.1, -0.05) is 18.2 Å². The van der Waals surface area contributed by atoms with E-state index in [9.17, 15) is 4.79 Å². The van der Waals surface area contributed by atoms with E-state index in [1.54, 1.807) is 17.5 Å². The average Bonchev–Trinajstić information content (AvgIpc) is 3.15. The fourth-order valence-electron chi connectivity index (χ4n) is 2.05. The molecule has 0 aliphatic heterocycles. The zero-order chi connectivity index (χ0) is 15.4. The molecule has 0 saturated carbocycles. The number of hydrogen-bond donors (Lipinski definition) is 1. The van der Waals surface area contributed by atoms with Gasteiger partial charge in [-0.3, -0.25) is 4.79 Å². The van der Waals surface area contributed by atoms with Crippen molar-refractivity contribution >= 4 is 17.2 Å². The molecule has 112 valence electrons. The van der Waals surface area contributed by atoms with Crippen LogP contribution in [0.2, 0.25) is 0 Å².